The van der Waals surface area contributed by atoms with Crippen LogP contribution < -0.4 is 14.4 Å². The number of aryl methyl sites for hydroxylation is 1. The smallest absolute Gasteiger partial charge is 0.416 e. The molecule has 1 fully saturated rings. The van der Waals surface area contributed by atoms with Crippen LogP contribution >= 0.6 is 23.1 Å². The quantitative estimate of drug-likeness (QED) is 0.119. The van der Waals surface area contributed by atoms with Crippen molar-refractivity contribution in [1.29, 1.82) is 0 Å². The van der Waals surface area contributed by atoms with Crippen LogP contribution in [-0.2, 0) is 28.0 Å². The molecule has 0 unspecified atom stereocenters. The number of thioether (sulfide) groups is 1. The van der Waals surface area contributed by atoms with Gasteiger partial charge >= 0.3 is 12.1 Å². The van der Waals surface area contributed by atoms with Gasteiger partial charge in [-0.05, 0) is 74.0 Å². The highest BCUT2D eigenvalue weighted by molar-refractivity contribution is 7.98. The minimum Gasteiger partial charge on any atom is -0.497 e. The van der Waals surface area contributed by atoms with Crippen molar-refractivity contribution in [3.8, 4) is 22.1 Å². The molecule has 4 aromatic rings. The van der Waals surface area contributed by atoms with Gasteiger partial charge in [-0.25, -0.2) is 9.78 Å². The van der Waals surface area contributed by atoms with Crippen LogP contribution in [0.1, 0.15) is 28.6 Å². The lowest BCUT2D eigenvalue weighted by molar-refractivity contribution is -0.148. The maximum atomic E-state index is 13.2. The molecule has 1 saturated heterocycles. The number of alkyl halides is 3. The monoisotopic (exact) mass is 671 g/mol. The van der Waals surface area contributed by atoms with Gasteiger partial charge in [0.15, 0.2) is 6.10 Å². The summed E-state index contributed by atoms with van der Waals surface area (Å²) in [7, 11) is 2.98. The van der Waals surface area contributed by atoms with Crippen molar-refractivity contribution in [2.24, 2.45) is 0 Å². The predicted octanol–water partition coefficient (Wildman–Crippen LogP) is 7.70. The van der Waals surface area contributed by atoms with Crippen LogP contribution in [0, 0.1) is 6.92 Å². The Balaban J connectivity index is 1.30. The number of methoxy groups -OCH3 is 2. The fourth-order valence-electron chi connectivity index (χ4n) is 5.11. The van der Waals surface area contributed by atoms with E-state index < -0.39 is 23.8 Å². The van der Waals surface area contributed by atoms with Crippen molar-refractivity contribution < 1.29 is 32.2 Å². The molecule has 1 aromatic heterocycles. The van der Waals surface area contributed by atoms with E-state index in [1.807, 2.05) is 37.3 Å². The summed E-state index contributed by atoms with van der Waals surface area (Å²) in [4.78, 5) is 23.6. The number of carbonyl (C=O) groups is 1. The van der Waals surface area contributed by atoms with Crippen molar-refractivity contribution in [2.75, 3.05) is 45.3 Å². The molecule has 0 amide bonds. The van der Waals surface area contributed by atoms with Crippen LogP contribution in [0.5, 0.6) is 11.5 Å². The maximum Gasteiger partial charge on any atom is 0.416 e. The fraction of sp³-hybridized carbons (Fsp3) is 0.353. The lowest BCUT2D eigenvalue weighted by atomic mass is 10.1. The van der Waals surface area contributed by atoms with Gasteiger partial charge in [0.1, 0.15) is 16.5 Å². The average Bonchev–Trinajstić information content (AvgIpc) is 3.46. The van der Waals surface area contributed by atoms with Gasteiger partial charge in [-0.2, -0.15) is 13.2 Å². The average molecular weight is 672 g/mol. The Morgan fingerprint density at radius 1 is 1.00 bits per heavy atom. The van der Waals surface area contributed by atoms with Crippen molar-refractivity contribution >= 4 is 34.8 Å². The second-order valence-electron chi connectivity index (χ2n) is 10.9. The summed E-state index contributed by atoms with van der Waals surface area (Å²) in [5.74, 6) is 1.64. The van der Waals surface area contributed by atoms with Crippen LogP contribution in [0.25, 0.3) is 10.6 Å². The summed E-state index contributed by atoms with van der Waals surface area (Å²) in [6, 6.07) is 19.1. The number of esters is 1. The summed E-state index contributed by atoms with van der Waals surface area (Å²) in [6.07, 6.45) is -5.11. The van der Waals surface area contributed by atoms with Gasteiger partial charge < -0.3 is 19.1 Å². The zero-order chi connectivity index (χ0) is 32.8. The number of benzene rings is 3. The van der Waals surface area contributed by atoms with Crippen LogP contribution in [0.4, 0.5) is 18.9 Å². The molecule has 3 aromatic carbocycles. The number of anilines is 1. The van der Waals surface area contributed by atoms with Gasteiger partial charge in [0, 0.05) is 59.5 Å². The molecule has 0 saturated carbocycles. The van der Waals surface area contributed by atoms with E-state index >= 15 is 0 Å². The Hall–Kier alpha value is -3.74. The van der Waals surface area contributed by atoms with Crippen LogP contribution in [-0.4, -0.2) is 62.4 Å². The first-order chi connectivity index (χ1) is 22.0. The van der Waals surface area contributed by atoms with Gasteiger partial charge in [-0.3, -0.25) is 4.90 Å². The standard InChI is InChI=1S/C34H36F3N3O4S2/c1-22-19-28(13-14-30(22)44-23(2)33(41)43-4)45-21-31-29(38-32(46-31)24-5-7-25(8-6-24)34(35,36)37)20-39-15-17-40(18-16-39)26-9-11-27(42-3)12-10-26/h5-14,19,23H,15-18,20-21H2,1-4H3/t23-/m0/s1. The molecular formula is C34H36F3N3O4S2. The SMILES string of the molecule is COC(=O)[C@H](C)Oc1ccc(SCc2sc(-c3ccc(C(F)(F)F)cc3)nc2CN2CCN(c3ccc(OC)cc3)CC2)cc1C. The Morgan fingerprint density at radius 2 is 1.70 bits per heavy atom. The van der Waals surface area contributed by atoms with Crippen molar-refractivity contribution in [3.63, 3.8) is 0 Å². The molecule has 1 aliphatic rings. The highest BCUT2D eigenvalue weighted by Crippen LogP contribution is 2.37. The number of hydrogen-bond acceptors (Lipinski definition) is 9. The summed E-state index contributed by atoms with van der Waals surface area (Å²) >= 11 is 3.17. The van der Waals surface area contributed by atoms with Gasteiger partial charge in [-0.1, -0.05) is 12.1 Å². The second kappa shape index (κ2) is 14.8. The molecule has 1 aliphatic heterocycles. The normalized spacial score (nSPS) is 14.6. The van der Waals surface area contributed by atoms with E-state index in [1.165, 1.54) is 30.6 Å². The number of ether oxygens (including phenoxy) is 3. The maximum absolute atomic E-state index is 13.2. The molecule has 7 nitrogen and oxygen atoms in total. The highest BCUT2D eigenvalue weighted by Gasteiger charge is 2.30. The molecule has 0 N–H and O–H groups in total. The minimum absolute atomic E-state index is 0.443. The van der Waals surface area contributed by atoms with Crippen LogP contribution in [0.3, 0.4) is 0 Å². The van der Waals surface area contributed by atoms with E-state index in [-0.39, 0.29) is 0 Å². The Morgan fingerprint density at radius 3 is 2.30 bits per heavy atom. The van der Waals surface area contributed by atoms with Crippen molar-refractivity contribution in [2.45, 2.75) is 43.3 Å². The first-order valence-electron chi connectivity index (χ1n) is 14.8. The van der Waals surface area contributed by atoms with E-state index in [1.54, 1.807) is 25.8 Å². The summed E-state index contributed by atoms with van der Waals surface area (Å²) in [5, 5.41) is 0.702. The fourth-order valence-corrected chi connectivity index (χ4v) is 7.28. The van der Waals surface area contributed by atoms with E-state index in [0.717, 1.165) is 70.8 Å². The zero-order valence-electron chi connectivity index (χ0n) is 26.1. The second-order valence-corrected chi connectivity index (χ2v) is 13.1. The first kappa shape index (κ1) is 33.6. The number of halogens is 3. The number of piperazine rings is 1. The topological polar surface area (TPSA) is 64.1 Å². The summed E-state index contributed by atoms with van der Waals surface area (Å²) in [5.41, 5.74) is 2.97. The number of carbonyl (C=O) groups excluding carboxylic acids is 1. The van der Waals surface area contributed by atoms with Crippen LogP contribution in [0.2, 0.25) is 0 Å². The Kier molecular flexibility index (Phi) is 10.8. The summed E-state index contributed by atoms with van der Waals surface area (Å²) in [6.45, 7) is 7.68. The zero-order valence-corrected chi connectivity index (χ0v) is 27.7. The van der Waals surface area contributed by atoms with Gasteiger partial charge in [-0.15, -0.1) is 23.1 Å². The molecule has 0 spiro atoms. The molecule has 0 aliphatic carbocycles. The molecule has 0 radical (unpaired) electrons. The van der Waals surface area contributed by atoms with Gasteiger partial charge in [0.2, 0.25) is 0 Å². The lowest BCUT2D eigenvalue weighted by Gasteiger charge is -2.36. The van der Waals surface area contributed by atoms with Crippen LogP contribution in [0.15, 0.2) is 71.6 Å². The molecule has 12 heteroatoms. The molecule has 1 atom stereocenters. The number of hydrogen-bond donors (Lipinski definition) is 0. The van der Waals surface area contributed by atoms with E-state index in [2.05, 4.69) is 21.9 Å². The third-order valence-corrected chi connectivity index (χ3v) is 10.1. The minimum atomic E-state index is -4.39. The molecule has 0 bridgehead atoms. The first-order valence-corrected chi connectivity index (χ1v) is 16.6. The van der Waals surface area contributed by atoms with Gasteiger partial charge in [0.05, 0.1) is 25.5 Å². The Labute approximate surface area is 275 Å². The third-order valence-electron chi connectivity index (χ3n) is 7.77. The molecule has 5 rings (SSSR count). The molecule has 244 valence electrons. The van der Waals surface area contributed by atoms with Crippen molar-refractivity contribution in [3.05, 3.63) is 88.4 Å². The summed E-state index contributed by atoms with van der Waals surface area (Å²) < 4.78 is 55.4. The van der Waals surface area contributed by atoms with E-state index in [4.69, 9.17) is 19.2 Å². The molecule has 46 heavy (non-hydrogen) atoms. The van der Waals surface area contributed by atoms with Crippen molar-refractivity contribution in [1.82, 2.24) is 9.88 Å². The number of nitrogens with zero attached hydrogens (tertiary/aromatic N) is 3. The van der Waals surface area contributed by atoms with E-state index in [9.17, 15) is 18.0 Å². The largest absolute Gasteiger partial charge is 0.497 e. The predicted molar refractivity (Wildman–Crippen MR) is 176 cm³/mol. The Bertz CT molecular complexity index is 1620. The highest BCUT2D eigenvalue weighted by atomic mass is 32.2. The lowest BCUT2D eigenvalue weighted by Crippen LogP contribution is -2.46. The number of rotatable bonds is 11. The molecule has 2 heterocycles. The van der Waals surface area contributed by atoms with E-state index in [0.29, 0.717) is 28.6 Å². The number of thiazole rings is 1. The third kappa shape index (κ3) is 8.34. The number of aromatic nitrogens is 1. The van der Waals surface area contributed by atoms with Gasteiger partial charge in [0.25, 0.3) is 0 Å². The molecular weight excluding hydrogens is 636 g/mol.